The Kier molecular flexibility index (Phi) is 39.8. The van der Waals surface area contributed by atoms with Crippen molar-refractivity contribution in [2.75, 3.05) is 124 Å². The molecular formula is C90H97F12N29O19. The van der Waals surface area contributed by atoms with E-state index in [0.717, 1.165) is 116 Å². The molecule has 0 spiro atoms. The molecule has 1 amide bonds. The molecule has 14 heterocycles. The number of aryl methyl sites for hydroxylation is 4. The van der Waals surface area contributed by atoms with Crippen molar-refractivity contribution in [2.24, 2.45) is 33.9 Å². The smallest absolute Gasteiger partial charge is 0.478 e. The predicted molar refractivity (Wildman–Crippen MR) is 512 cm³/mol. The van der Waals surface area contributed by atoms with Gasteiger partial charge in [-0.15, -0.1) is 23.7 Å². The lowest BCUT2D eigenvalue weighted by molar-refractivity contribution is -0.193. The van der Waals surface area contributed by atoms with Gasteiger partial charge in [0.1, 0.15) is 11.5 Å². The summed E-state index contributed by atoms with van der Waals surface area (Å²) in [6.45, 7) is 28.7. The zero-order valence-electron chi connectivity index (χ0n) is 81.7. The van der Waals surface area contributed by atoms with Crippen LogP contribution in [0, 0.1) is 75.1 Å². The van der Waals surface area contributed by atoms with Crippen molar-refractivity contribution in [3.63, 3.8) is 0 Å². The summed E-state index contributed by atoms with van der Waals surface area (Å²) < 4.78 is 163. The normalized spacial score (nSPS) is 13.3. The van der Waals surface area contributed by atoms with Crippen molar-refractivity contribution in [2.45, 2.75) is 106 Å². The number of aliphatic carboxylic acids is 4. The Balaban J connectivity index is 0.000000204. The summed E-state index contributed by atoms with van der Waals surface area (Å²) in [5.74, 6) is 14.5. The van der Waals surface area contributed by atoms with Crippen LogP contribution in [0.1, 0.15) is 70.9 Å². The molecule has 0 bridgehead atoms. The molecule has 11 N–H and O–H groups in total. The number of hydrogen-bond acceptors (Lipinski definition) is 34. The summed E-state index contributed by atoms with van der Waals surface area (Å²) in [7, 11) is 6.38. The molecular weight excluding hydrogens is 2020 g/mol. The molecule has 0 unspecified atom stereocenters. The van der Waals surface area contributed by atoms with E-state index in [1.807, 2.05) is 38.2 Å². The Morgan fingerprint density at radius 1 is 0.367 bits per heavy atom. The van der Waals surface area contributed by atoms with Crippen molar-refractivity contribution in [3.8, 4) is 94.9 Å². The summed E-state index contributed by atoms with van der Waals surface area (Å²) in [6, 6.07) is 13.6. The first-order chi connectivity index (χ1) is 70.7. The van der Waals surface area contributed by atoms with Gasteiger partial charge in [0.05, 0.1) is 31.7 Å². The summed E-state index contributed by atoms with van der Waals surface area (Å²) >= 11 is 0. The Labute approximate surface area is 839 Å². The third-order valence-corrected chi connectivity index (χ3v) is 21.0. The highest BCUT2D eigenvalue weighted by molar-refractivity contribution is 5.93. The number of alkyl halides is 12. The number of halogens is 12. The topological polar surface area (TPSA) is 590 Å². The fraction of sp³-hybridized carbons (Fsp3) is 0.400. The maximum atomic E-state index is 13.4. The second-order valence-corrected chi connectivity index (χ2v) is 31.6. The van der Waals surface area contributed by atoms with E-state index in [0.29, 0.717) is 112 Å². The average molecular weight is 2120 g/mol. The predicted octanol–water partition coefficient (Wildman–Crippen LogP) is 5.56. The van der Waals surface area contributed by atoms with E-state index in [1.54, 1.807) is 106 Å². The summed E-state index contributed by atoms with van der Waals surface area (Å²) in [6.07, 6.45) is -17.2. The van der Waals surface area contributed by atoms with E-state index in [9.17, 15) is 86.6 Å². The van der Waals surface area contributed by atoms with Gasteiger partial charge in [0, 0.05) is 162 Å². The van der Waals surface area contributed by atoms with E-state index in [4.69, 9.17) is 64.3 Å². The summed E-state index contributed by atoms with van der Waals surface area (Å²) in [4.78, 5) is 173. The molecule has 2 aromatic carbocycles. The summed E-state index contributed by atoms with van der Waals surface area (Å²) in [5.41, 5.74) is 10.3. The molecule has 800 valence electrons. The van der Waals surface area contributed by atoms with Crippen molar-refractivity contribution < 1.29 is 126 Å². The standard InChI is InChI=1S/C23H26N6O4.C21H23N7O3.C20H24N8O2.C18H20N8O2.4C2HF3O2/c1-5-6-9-29-17-19(25-22(29)28-10-7-24-8-11-28)26-23(27(4)20(17)30)33-18-14(2)12-16(21(31)32)13-15(18)3;1-3-4-10-28-16-18(24-20(28)27-11-8-23-9-12-27)25-21(26(2)19(16)30)31-15-7-5-6-14(13-15)17(22)29;1-5-6-9-28-15-16(24-19(28)27-10-7-21-8-11-27)25-20(26(4)17(15)29)30-18-22-13(2)12-14(3)23-18;1-3-4-10-26-13-14(22-17(26)25-11-8-19-9-12-25)23-18(24(2)15(13)27)28-16-20-6-5-7-21-16;4*3-2(4,5)1(6)7/h12-13,24H,7-11H2,1-4H3,(H,31,32);5-7,13,23H,8-12H2,1-2H3,(H2,22,29);12,21H,7-11H2,1-4H3;5-7,19H,8-12H2,1-2H3;4*(H,6,7). The molecule has 0 radical (unpaired) electrons. The SMILES string of the molecule is CC#CCn1c(N2CCNCC2)nc2nc(Oc3c(C)cc(C(=O)O)cc3C)n(C)c(=O)c21.CC#CCn1c(N2CCNCC2)nc2nc(Oc3cccc(C(N)=O)c3)n(C)c(=O)c21.CC#CCn1c(N2CCNCC2)nc2nc(Oc3nc(C)cc(C)n3)n(C)c(=O)c21.CC#CCn1c(N2CCNCC2)nc2nc(Oc3ncccn3)n(C)c(=O)c21.O=C(O)C(F)(F)F.O=C(O)C(F)(F)F.O=C(O)C(F)(F)F.O=C(O)C(F)(F)F. The number of imidazole rings is 4. The van der Waals surface area contributed by atoms with Crippen LogP contribution in [0.5, 0.6) is 47.6 Å². The third-order valence-electron chi connectivity index (χ3n) is 21.0. The number of fused-ring (bicyclic) bond motifs is 4. The van der Waals surface area contributed by atoms with Crippen LogP contribution in [0.2, 0.25) is 0 Å². The molecule has 16 rings (SSSR count). The third kappa shape index (κ3) is 30.3. The minimum atomic E-state index is -5.08. The Morgan fingerprint density at radius 2 is 0.633 bits per heavy atom. The number of rotatable bonds is 18. The number of anilines is 4. The molecule has 0 saturated carbocycles. The number of amides is 1. The Morgan fingerprint density at radius 3 is 0.893 bits per heavy atom. The molecule has 10 aromatic heterocycles. The van der Waals surface area contributed by atoms with Gasteiger partial charge in [0.25, 0.3) is 22.2 Å². The number of carbonyl (C=O) groups is 6. The fourth-order valence-corrected chi connectivity index (χ4v) is 13.9. The van der Waals surface area contributed by atoms with Crippen LogP contribution in [0.25, 0.3) is 44.7 Å². The Bertz CT molecular complexity index is 7360. The number of carboxylic acids is 5. The van der Waals surface area contributed by atoms with Gasteiger partial charge in [-0.3, -0.25) is 60.5 Å². The number of nitrogens with one attached hydrogen (secondary N) is 4. The highest BCUT2D eigenvalue weighted by Gasteiger charge is 2.41. The average Bonchev–Trinajstić information content (AvgIpc) is 1.61. The minimum Gasteiger partial charge on any atom is -0.478 e. The molecule has 4 aliphatic heterocycles. The first-order valence-corrected chi connectivity index (χ1v) is 44.3. The fourth-order valence-electron chi connectivity index (χ4n) is 13.9. The zero-order valence-corrected chi connectivity index (χ0v) is 81.7. The van der Waals surface area contributed by atoms with E-state index < -0.39 is 60.5 Å². The van der Waals surface area contributed by atoms with Crippen LogP contribution >= 0.6 is 0 Å². The number of hydrogen-bond donors (Lipinski definition) is 10. The van der Waals surface area contributed by atoms with Gasteiger partial charge >= 0.3 is 90.6 Å². The lowest BCUT2D eigenvalue weighted by Gasteiger charge is -2.28. The van der Waals surface area contributed by atoms with Crippen LogP contribution < -0.4 is 87.8 Å². The maximum absolute atomic E-state index is 13.4. The maximum Gasteiger partial charge on any atom is 0.490 e. The van der Waals surface area contributed by atoms with Crippen LogP contribution in [0.3, 0.4) is 0 Å². The van der Waals surface area contributed by atoms with E-state index in [-0.39, 0.29) is 75.2 Å². The molecule has 4 fully saturated rings. The molecule has 48 nitrogen and oxygen atoms in total. The zero-order chi connectivity index (χ0) is 111. The molecule has 12 aromatic rings. The van der Waals surface area contributed by atoms with Crippen LogP contribution in [0.4, 0.5) is 76.5 Å². The van der Waals surface area contributed by atoms with Crippen LogP contribution in [-0.2, 0) is 73.5 Å². The first kappa shape index (κ1) is 116. The second-order valence-electron chi connectivity index (χ2n) is 31.6. The monoisotopic (exact) mass is 2120 g/mol. The van der Waals surface area contributed by atoms with Crippen LogP contribution in [-0.4, -0.2) is 287 Å². The lowest BCUT2D eigenvalue weighted by atomic mass is 10.1. The lowest BCUT2D eigenvalue weighted by Crippen LogP contribution is -2.44. The van der Waals surface area contributed by atoms with Crippen molar-refractivity contribution in [3.05, 3.63) is 136 Å². The number of carbonyl (C=O) groups excluding carboxylic acids is 1. The van der Waals surface area contributed by atoms with Gasteiger partial charge in [0.15, 0.2) is 44.7 Å². The minimum absolute atomic E-state index is 0.0669. The van der Waals surface area contributed by atoms with E-state index in [1.165, 1.54) is 36.5 Å². The first-order valence-electron chi connectivity index (χ1n) is 44.3. The molecule has 150 heavy (non-hydrogen) atoms. The second kappa shape index (κ2) is 51.5. The number of benzene rings is 2. The van der Waals surface area contributed by atoms with Crippen molar-refractivity contribution >= 4 is 104 Å². The molecule has 60 heteroatoms. The van der Waals surface area contributed by atoms with Crippen molar-refractivity contribution in [1.29, 1.82) is 0 Å². The van der Waals surface area contributed by atoms with E-state index >= 15 is 0 Å². The number of nitrogens with zero attached hydrogens (tertiary/aromatic N) is 24. The number of piperazine rings is 4. The number of aromatic carboxylic acids is 1. The quantitative estimate of drug-likeness (QED) is 0.0371. The number of aromatic nitrogens is 20. The van der Waals surface area contributed by atoms with Crippen molar-refractivity contribution in [1.82, 2.24) is 118 Å². The largest absolute Gasteiger partial charge is 0.490 e. The van der Waals surface area contributed by atoms with Crippen LogP contribution in [0.15, 0.2) is 80.1 Å². The van der Waals surface area contributed by atoms with Gasteiger partial charge in [0.2, 0.25) is 29.7 Å². The number of nitrogens with two attached hydrogens (primary N) is 1. The molecule has 4 aliphatic rings. The highest BCUT2D eigenvalue weighted by atomic mass is 19.4. The van der Waals surface area contributed by atoms with Gasteiger partial charge in [-0.2, -0.15) is 92.6 Å². The van der Waals surface area contributed by atoms with Gasteiger partial charge in [-0.25, -0.2) is 43.9 Å². The molecule has 0 atom stereocenters. The van der Waals surface area contributed by atoms with E-state index in [2.05, 4.69) is 148 Å². The Hall–Kier alpha value is -17.5. The summed E-state index contributed by atoms with van der Waals surface area (Å²) in [5, 5.41) is 51.0. The number of carboxylic acid groups (broad SMARTS) is 5. The highest BCUT2D eigenvalue weighted by Crippen LogP contribution is 2.33. The molecule has 4 saturated heterocycles. The number of primary amides is 1. The van der Waals surface area contributed by atoms with Gasteiger partial charge in [-0.1, -0.05) is 29.7 Å². The molecule has 0 aliphatic carbocycles. The van der Waals surface area contributed by atoms with Gasteiger partial charge < -0.3 is 91.1 Å². The number of ether oxygens (including phenoxy) is 4. The van der Waals surface area contributed by atoms with Gasteiger partial charge in [-0.05, 0) is 109 Å².